The quantitative estimate of drug-likeness (QED) is 0.649. The first-order valence-electron chi connectivity index (χ1n) is 4.28. The van der Waals surface area contributed by atoms with Crippen molar-refractivity contribution >= 4 is 0 Å². The Morgan fingerprint density at radius 2 is 2.15 bits per heavy atom. The third kappa shape index (κ3) is 1.70. The molecular weight excluding hydrogens is 170 g/mol. The van der Waals surface area contributed by atoms with Crippen molar-refractivity contribution in [3.05, 3.63) is 33.1 Å². The molecule has 1 N–H and O–H groups in total. The molecule has 2 rings (SSSR count). The van der Waals surface area contributed by atoms with Crippen LogP contribution in [-0.4, -0.2) is 27.5 Å². The zero-order chi connectivity index (χ0) is 9.26. The van der Waals surface area contributed by atoms with E-state index in [1.807, 2.05) is 0 Å². The van der Waals surface area contributed by atoms with Crippen molar-refractivity contribution < 1.29 is 0 Å². The van der Waals surface area contributed by atoms with Crippen LogP contribution in [0, 0.1) is 0 Å². The zero-order valence-corrected chi connectivity index (χ0v) is 7.19. The molecule has 0 spiro atoms. The number of hydrogen-bond donors (Lipinski definition) is 1. The van der Waals surface area contributed by atoms with Crippen LogP contribution in [-0.2, 0) is 6.67 Å². The van der Waals surface area contributed by atoms with E-state index < -0.39 is 0 Å². The summed E-state index contributed by atoms with van der Waals surface area (Å²) in [6.45, 7) is 2.65. The molecule has 0 unspecified atom stereocenters. The number of likely N-dealkylation sites (tertiary alicyclic amines) is 1. The molecule has 70 valence electrons. The third-order valence-electron chi connectivity index (χ3n) is 2.20. The highest BCUT2D eigenvalue weighted by Gasteiger charge is 2.13. The summed E-state index contributed by atoms with van der Waals surface area (Å²) in [5.74, 6) is 0. The molecule has 1 aromatic rings. The van der Waals surface area contributed by atoms with Gasteiger partial charge in [-0.2, -0.15) is 0 Å². The van der Waals surface area contributed by atoms with Crippen LogP contribution >= 0.6 is 0 Å². The smallest absolute Gasteiger partial charge is 0.287 e. The normalized spacial score (nSPS) is 16.9. The number of aromatic amines is 1. The molecule has 5 nitrogen and oxygen atoms in total. The van der Waals surface area contributed by atoms with Crippen molar-refractivity contribution in [3.8, 4) is 0 Å². The monoisotopic (exact) mass is 181 g/mol. The van der Waals surface area contributed by atoms with Crippen LogP contribution in [0.3, 0.4) is 0 Å². The Hall–Kier alpha value is -1.36. The topological polar surface area (TPSA) is 58.1 Å². The Labute approximate surface area is 74.6 Å². The van der Waals surface area contributed by atoms with Crippen molar-refractivity contribution in [1.82, 2.24) is 14.5 Å². The van der Waals surface area contributed by atoms with Crippen LogP contribution in [0.5, 0.6) is 0 Å². The molecule has 0 aromatic carbocycles. The van der Waals surface area contributed by atoms with Gasteiger partial charge < -0.3 is 0 Å². The SMILES string of the molecule is O=c1ccn(CN2CCC2)c(=O)[nH]1. The molecule has 0 saturated carbocycles. The highest BCUT2D eigenvalue weighted by atomic mass is 16.2. The van der Waals surface area contributed by atoms with Gasteiger partial charge in [0.05, 0.1) is 6.67 Å². The molecule has 1 saturated heterocycles. The van der Waals surface area contributed by atoms with E-state index in [0.717, 1.165) is 13.1 Å². The number of hydrogen-bond acceptors (Lipinski definition) is 3. The van der Waals surface area contributed by atoms with Crippen molar-refractivity contribution in [2.75, 3.05) is 13.1 Å². The van der Waals surface area contributed by atoms with Gasteiger partial charge in [0.1, 0.15) is 0 Å². The van der Waals surface area contributed by atoms with E-state index in [2.05, 4.69) is 9.88 Å². The van der Waals surface area contributed by atoms with Crippen LogP contribution in [0.4, 0.5) is 0 Å². The van der Waals surface area contributed by atoms with Gasteiger partial charge >= 0.3 is 5.69 Å². The molecule has 0 atom stereocenters. The fourth-order valence-corrected chi connectivity index (χ4v) is 1.29. The minimum absolute atomic E-state index is 0.334. The molecule has 0 bridgehead atoms. The fourth-order valence-electron chi connectivity index (χ4n) is 1.29. The zero-order valence-electron chi connectivity index (χ0n) is 7.19. The average Bonchev–Trinajstić information content (AvgIpc) is 1.99. The summed E-state index contributed by atoms with van der Waals surface area (Å²) in [7, 11) is 0. The van der Waals surface area contributed by atoms with Gasteiger partial charge in [-0.25, -0.2) is 4.79 Å². The van der Waals surface area contributed by atoms with Crippen LogP contribution in [0.1, 0.15) is 6.42 Å². The Kier molecular flexibility index (Phi) is 2.02. The standard InChI is InChI=1S/C8H11N3O2/c12-7-2-5-11(8(13)9-7)6-10-3-1-4-10/h2,5H,1,3-4,6H2,(H,9,12,13). The average molecular weight is 181 g/mol. The largest absolute Gasteiger partial charge is 0.329 e. The fraction of sp³-hybridized carbons (Fsp3) is 0.500. The minimum Gasteiger partial charge on any atom is -0.287 e. The van der Waals surface area contributed by atoms with Gasteiger partial charge in [0, 0.05) is 25.4 Å². The van der Waals surface area contributed by atoms with Crippen LogP contribution < -0.4 is 11.2 Å². The van der Waals surface area contributed by atoms with E-state index >= 15 is 0 Å². The molecular formula is C8H11N3O2. The molecule has 1 fully saturated rings. The number of H-pyrrole nitrogens is 1. The van der Waals surface area contributed by atoms with E-state index in [0.29, 0.717) is 6.67 Å². The summed E-state index contributed by atoms with van der Waals surface area (Å²) in [6.07, 6.45) is 2.72. The Balaban J connectivity index is 2.20. The van der Waals surface area contributed by atoms with Crippen LogP contribution in [0.25, 0.3) is 0 Å². The van der Waals surface area contributed by atoms with E-state index in [-0.39, 0.29) is 11.2 Å². The molecule has 2 heterocycles. The van der Waals surface area contributed by atoms with Gasteiger partial charge in [0.15, 0.2) is 0 Å². The summed E-state index contributed by atoms with van der Waals surface area (Å²) in [6, 6.07) is 1.36. The van der Waals surface area contributed by atoms with Crippen molar-refractivity contribution in [2.24, 2.45) is 0 Å². The van der Waals surface area contributed by atoms with Gasteiger partial charge in [-0.05, 0) is 6.42 Å². The lowest BCUT2D eigenvalue weighted by Gasteiger charge is -2.30. The lowest BCUT2D eigenvalue weighted by Crippen LogP contribution is -2.42. The maximum Gasteiger partial charge on any atom is 0.329 e. The summed E-state index contributed by atoms with van der Waals surface area (Å²) in [5, 5.41) is 0. The first kappa shape index (κ1) is 8.25. The number of nitrogens with one attached hydrogen (secondary N) is 1. The molecule has 1 aliphatic rings. The summed E-state index contributed by atoms with van der Waals surface area (Å²) >= 11 is 0. The van der Waals surface area contributed by atoms with Crippen LogP contribution in [0.15, 0.2) is 21.9 Å². The molecule has 1 aliphatic heterocycles. The van der Waals surface area contributed by atoms with Gasteiger partial charge in [0.25, 0.3) is 5.56 Å². The van der Waals surface area contributed by atoms with Gasteiger partial charge in [-0.1, -0.05) is 0 Å². The van der Waals surface area contributed by atoms with E-state index in [4.69, 9.17) is 0 Å². The molecule has 0 aliphatic carbocycles. The third-order valence-corrected chi connectivity index (χ3v) is 2.20. The van der Waals surface area contributed by atoms with Gasteiger partial charge in [-0.3, -0.25) is 19.2 Å². The number of rotatable bonds is 2. The van der Waals surface area contributed by atoms with E-state index in [1.165, 1.54) is 23.3 Å². The molecule has 13 heavy (non-hydrogen) atoms. The second-order valence-corrected chi connectivity index (χ2v) is 3.19. The lowest BCUT2D eigenvalue weighted by atomic mass is 10.2. The maximum absolute atomic E-state index is 11.2. The summed E-state index contributed by atoms with van der Waals surface area (Å²) in [4.78, 5) is 26.3. The second-order valence-electron chi connectivity index (χ2n) is 3.19. The Bertz CT molecular complexity index is 402. The highest BCUT2D eigenvalue weighted by molar-refractivity contribution is 4.82. The van der Waals surface area contributed by atoms with Crippen molar-refractivity contribution in [2.45, 2.75) is 13.1 Å². The first-order chi connectivity index (χ1) is 6.25. The first-order valence-corrected chi connectivity index (χ1v) is 4.28. The lowest BCUT2D eigenvalue weighted by molar-refractivity contribution is 0.133. The molecule has 1 aromatic heterocycles. The second kappa shape index (κ2) is 3.18. The van der Waals surface area contributed by atoms with Gasteiger partial charge in [0.2, 0.25) is 0 Å². The summed E-state index contributed by atoms with van der Waals surface area (Å²) in [5.41, 5.74) is -0.677. The van der Waals surface area contributed by atoms with E-state index in [1.54, 1.807) is 0 Å². The maximum atomic E-state index is 11.2. The summed E-state index contributed by atoms with van der Waals surface area (Å²) < 4.78 is 1.50. The predicted octanol–water partition coefficient (Wildman–Crippen LogP) is -0.800. The van der Waals surface area contributed by atoms with Crippen molar-refractivity contribution in [1.29, 1.82) is 0 Å². The van der Waals surface area contributed by atoms with Gasteiger partial charge in [-0.15, -0.1) is 0 Å². The Morgan fingerprint density at radius 3 is 2.69 bits per heavy atom. The predicted molar refractivity (Wildman–Crippen MR) is 47.5 cm³/mol. The molecule has 0 amide bonds. The molecule has 0 radical (unpaired) electrons. The minimum atomic E-state index is -0.343. The van der Waals surface area contributed by atoms with Crippen LogP contribution in [0.2, 0.25) is 0 Å². The van der Waals surface area contributed by atoms with Crippen molar-refractivity contribution in [3.63, 3.8) is 0 Å². The molecule has 5 heteroatoms. The highest BCUT2D eigenvalue weighted by Crippen LogP contribution is 2.05. The Morgan fingerprint density at radius 1 is 1.38 bits per heavy atom. The number of aromatic nitrogens is 2. The van der Waals surface area contributed by atoms with E-state index in [9.17, 15) is 9.59 Å². The number of nitrogens with zero attached hydrogens (tertiary/aromatic N) is 2.